The molecular weight excluding hydrogens is 400 g/mol. The number of amides is 1. The first-order chi connectivity index (χ1) is 13.5. The molecule has 0 unspecified atom stereocenters. The minimum absolute atomic E-state index is 0.151. The Kier molecular flexibility index (Phi) is 6.49. The van der Waals surface area contributed by atoms with Crippen molar-refractivity contribution >= 4 is 50.7 Å². The van der Waals surface area contributed by atoms with Crippen molar-refractivity contribution in [2.24, 2.45) is 0 Å². The molecule has 0 aliphatic rings. The maximum atomic E-state index is 12.3. The summed E-state index contributed by atoms with van der Waals surface area (Å²) in [6.07, 6.45) is -0.335. The first-order valence-corrected chi connectivity index (χ1v) is 9.84. The van der Waals surface area contributed by atoms with E-state index in [2.05, 4.69) is 10.3 Å². The number of aromatic nitrogens is 1. The summed E-state index contributed by atoms with van der Waals surface area (Å²) in [6.45, 7) is 1.52. The summed E-state index contributed by atoms with van der Waals surface area (Å²) in [5, 5.41) is 3.98. The van der Waals surface area contributed by atoms with Crippen LogP contribution in [0.2, 0.25) is 5.02 Å². The molecule has 0 bridgehead atoms. The number of thiazole rings is 1. The number of rotatable bonds is 7. The van der Waals surface area contributed by atoms with Crippen molar-refractivity contribution in [3.8, 4) is 5.75 Å². The summed E-state index contributed by atoms with van der Waals surface area (Å²) < 4.78 is 11.5. The van der Waals surface area contributed by atoms with Crippen molar-refractivity contribution in [2.75, 3.05) is 12.4 Å². The number of ether oxygens (including phenoxy) is 2. The second-order valence-electron chi connectivity index (χ2n) is 6.04. The Morgan fingerprint density at radius 3 is 2.79 bits per heavy atom. The van der Waals surface area contributed by atoms with E-state index in [-0.39, 0.29) is 6.42 Å². The number of aryl methyl sites for hydroxylation is 1. The molecule has 2 aromatic carbocycles. The fourth-order valence-corrected chi connectivity index (χ4v) is 3.70. The van der Waals surface area contributed by atoms with Crippen molar-refractivity contribution in [3.63, 3.8) is 0 Å². The number of fused-ring (bicyclic) bond motifs is 1. The van der Waals surface area contributed by atoms with Crippen LogP contribution >= 0.6 is 22.9 Å². The minimum atomic E-state index is -0.952. The van der Waals surface area contributed by atoms with Gasteiger partial charge in [-0.15, -0.1) is 11.3 Å². The molecule has 1 amide bonds. The molecule has 0 saturated carbocycles. The van der Waals surface area contributed by atoms with Gasteiger partial charge in [0.25, 0.3) is 5.91 Å². The number of anilines is 1. The van der Waals surface area contributed by atoms with Crippen LogP contribution in [0.25, 0.3) is 10.2 Å². The summed E-state index contributed by atoms with van der Waals surface area (Å²) in [7, 11) is 1.49. The average molecular weight is 419 g/mol. The van der Waals surface area contributed by atoms with E-state index in [0.29, 0.717) is 22.9 Å². The van der Waals surface area contributed by atoms with Crippen molar-refractivity contribution < 1.29 is 19.1 Å². The van der Waals surface area contributed by atoms with Crippen LogP contribution in [0.3, 0.4) is 0 Å². The van der Waals surface area contributed by atoms with E-state index in [1.807, 2.05) is 24.3 Å². The lowest BCUT2D eigenvalue weighted by atomic mass is 10.2. The van der Waals surface area contributed by atoms with Gasteiger partial charge < -0.3 is 14.8 Å². The number of methoxy groups -OCH3 is 1. The van der Waals surface area contributed by atoms with Gasteiger partial charge in [0.2, 0.25) is 0 Å². The Morgan fingerprint density at radius 2 is 2.04 bits per heavy atom. The van der Waals surface area contributed by atoms with Crippen molar-refractivity contribution in [1.29, 1.82) is 0 Å². The van der Waals surface area contributed by atoms with Crippen LogP contribution in [0.1, 0.15) is 18.4 Å². The zero-order valence-corrected chi connectivity index (χ0v) is 17.0. The lowest BCUT2D eigenvalue weighted by Gasteiger charge is -2.15. The zero-order valence-electron chi connectivity index (χ0n) is 15.4. The molecule has 0 aliphatic carbocycles. The number of carbonyl (C=O) groups excluding carboxylic acids is 2. The topological polar surface area (TPSA) is 77.5 Å². The molecular formula is C20H19ClN2O4S. The zero-order chi connectivity index (χ0) is 20.1. The highest BCUT2D eigenvalue weighted by atomic mass is 35.5. The van der Waals surface area contributed by atoms with E-state index in [4.69, 9.17) is 21.1 Å². The number of hydrogen-bond acceptors (Lipinski definition) is 6. The van der Waals surface area contributed by atoms with Gasteiger partial charge in [-0.05, 0) is 37.3 Å². The molecule has 0 spiro atoms. The monoisotopic (exact) mass is 418 g/mol. The second-order valence-corrected chi connectivity index (χ2v) is 7.59. The molecule has 1 N–H and O–H groups in total. The van der Waals surface area contributed by atoms with Gasteiger partial charge in [-0.2, -0.15) is 0 Å². The minimum Gasteiger partial charge on any atom is -0.495 e. The number of esters is 1. The molecule has 0 aliphatic heterocycles. The number of para-hydroxylation sites is 1. The van der Waals surface area contributed by atoms with Crippen LogP contribution < -0.4 is 10.1 Å². The predicted octanol–water partition coefficient (Wildman–Crippen LogP) is 4.46. The third-order valence-electron chi connectivity index (χ3n) is 3.98. The van der Waals surface area contributed by atoms with E-state index in [0.717, 1.165) is 15.2 Å². The SMILES string of the molecule is COc1ccc(Cl)cc1NC(=O)[C@@H](C)OC(=O)CCc1nc2ccccc2s1. The van der Waals surface area contributed by atoms with Gasteiger partial charge in [-0.3, -0.25) is 9.59 Å². The Morgan fingerprint density at radius 1 is 1.25 bits per heavy atom. The predicted molar refractivity (Wildman–Crippen MR) is 110 cm³/mol. The fraction of sp³-hybridized carbons (Fsp3) is 0.250. The smallest absolute Gasteiger partial charge is 0.306 e. The molecule has 6 nitrogen and oxygen atoms in total. The number of benzene rings is 2. The van der Waals surface area contributed by atoms with Gasteiger partial charge in [0.15, 0.2) is 6.10 Å². The molecule has 8 heteroatoms. The van der Waals surface area contributed by atoms with Gasteiger partial charge in [0, 0.05) is 11.4 Å². The van der Waals surface area contributed by atoms with Crippen LogP contribution in [0, 0.1) is 0 Å². The van der Waals surface area contributed by atoms with Crippen LogP contribution in [0.5, 0.6) is 5.75 Å². The summed E-state index contributed by atoms with van der Waals surface area (Å²) in [4.78, 5) is 28.9. The molecule has 3 aromatic rings. The van der Waals surface area contributed by atoms with Gasteiger partial charge in [-0.1, -0.05) is 23.7 Å². The van der Waals surface area contributed by atoms with Gasteiger partial charge in [0.1, 0.15) is 5.75 Å². The number of hydrogen-bond donors (Lipinski definition) is 1. The molecule has 1 heterocycles. The Balaban J connectivity index is 1.53. The molecule has 1 aromatic heterocycles. The third kappa shape index (κ3) is 4.99. The van der Waals surface area contributed by atoms with Crippen molar-refractivity contribution in [3.05, 3.63) is 52.5 Å². The molecule has 3 rings (SSSR count). The number of halogens is 1. The summed E-state index contributed by atoms with van der Waals surface area (Å²) in [5.41, 5.74) is 1.33. The molecule has 28 heavy (non-hydrogen) atoms. The fourth-order valence-electron chi connectivity index (χ4n) is 2.56. The van der Waals surface area contributed by atoms with E-state index in [9.17, 15) is 9.59 Å². The van der Waals surface area contributed by atoms with Gasteiger partial charge in [0.05, 0.1) is 34.4 Å². The Labute approximate surface area is 171 Å². The highest BCUT2D eigenvalue weighted by molar-refractivity contribution is 7.18. The van der Waals surface area contributed by atoms with Crippen LogP contribution in [0.15, 0.2) is 42.5 Å². The van der Waals surface area contributed by atoms with E-state index in [1.54, 1.807) is 29.5 Å². The largest absolute Gasteiger partial charge is 0.495 e. The lowest BCUT2D eigenvalue weighted by molar-refractivity contribution is -0.153. The molecule has 146 valence electrons. The first-order valence-electron chi connectivity index (χ1n) is 8.64. The number of nitrogens with zero attached hydrogens (tertiary/aromatic N) is 1. The van der Waals surface area contributed by atoms with E-state index in [1.165, 1.54) is 14.0 Å². The normalized spacial score (nSPS) is 11.8. The summed E-state index contributed by atoms with van der Waals surface area (Å²) in [5.74, 6) is -0.457. The van der Waals surface area contributed by atoms with Crippen molar-refractivity contribution in [1.82, 2.24) is 4.98 Å². The molecule has 0 fully saturated rings. The quantitative estimate of drug-likeness (QED) is 0.573. The van der Waals surface area contributed by atoms with Gasteiger partial charge in [-0.25, -0.2) is 4.98 Å². The maximum absolute atomic E-state index is 12.3. The van der Waals surface area contributed by atoms with E-state index >= 15 is 0 Å². The summed E-state index contributed by atoms with van der Waals surface area (Å²) in [6, 6.07) is 12.7. The van der Waals surface area contributed by atoms with Gasteiger partial charge >= 0.3 is 5.97 Å². The molecule has 0 radical (unpaired) electrons. The van der Waals surface area contributed by atoms with Crippen LogP contribution in [0.4, 0.5) is 5.69 Å². The molecule has 1 atom stereocenters. The lowest BCUT2D eigenvalue weighted by Crippen LogP contribution is -2.30. The standard InChI is InChI=1S/C20H19ClN2O4S/c1-12(20(25)23-15-11-13(21)7-8-16(15)26-2)27-19(24)10-9-18-22-14-5-3-4-6-17(14)28-18/h3-8,11-12H,9-10H2,1-2H3,(H,23,25)/t12-/m1/s1. The average Bonchev–Trinajstić information content (AvgIpc) is 3.09. The number of nitrogens with one attached hydrogen (secondary N) is 1. The Hall–Kier alpha value is -2.64. The van der Waals surface area contributed by atoms with Crippen LogP contribution in [-0.4, -0.2) is 30.1 Å². The highest BCUT2D eigenvalue weighted by Crippen LogP contribution is 2.28. The third-order valence-corrected chi connectivity index (χ3v) is 5.31. The Bertz CT molecular complexity index is 972. The first kappa shape index (κ1) is 20.1. The highest BCUT2D eigenvalue weighted by Gasteiger charge is 2.19. The summed E-state index contributed by atoms with van der Waals surface area (Å²) >= 11 is 7.50. The maximum Gasteiger partial charge on any atom is 0.306 e. The number of carbonyl (C=O) groups is 2. The second kappa shape index (κ2) is 9.03. The van der Waals surface area contributed by atoms with Crippen LogP contribution in [-0.2, 0) is 20.7 Å². The molecule has 0 saturated heterocycles. The van der Waals surface area contributed by atoms with E-state index < -0.39 is 18.0 Å². The van der Waals surface area contributed by atoms with Crippen molar-refractivity contribution in [2.45, 2.75) is 25.9 Å².